The molecule has 3 aromatic rings. The number of nitrogens with one attached hydrogen (secondary N) is 1. The first-order valence-electron chi connectivity index (χ1n) is 11.1. The molecule has 7 nitrogen and oxygen atoms in total. The maximum absolute atomic E-state index is 13.0. The van der Waals surface area contributed by atoms with Crippen molar-refractivity contribution >= 4 is 62.8 Å². The van der Waals surface area contributed by atoms with Crippen LogP contribution in [-0.2, 0) is 0 Å². The van der Waals surface area contributed by atoms with Crippen LogP contribution in [0.1, 0.15) is 34.8 Å². The summed E-state index contributed by atoms with van der Waals surface area (Å²) in [5.74, 6) is 1.32. The summed E-state index contributed by atoms with van der Waals surface area (Å²) in [5, 5.41) is 4.31. The number of benzene rings is 1. The van der Waals surface area contributed by atoms with Crippen LogP contribution in [0.25, 0.3) is 0 Å². The van der Waals surface area contributed by atoms with Crippen LogP contribution in [0, 0.1) is 12.8 Å². The molecule has 3 N–H and O–H groups in total. The van der Waals surface area contributed by atoms with Crippen LogP contribution in [-0.4, -0.2) is 53.4 Å². The number of hydrogen-bond donors (Lipinski definition) is 2. The number of thiazole rings is 1. The molecule has 0 amide bonds. The van der Waals surface area contributed by atoms with E-state index in [-0.39, 0.29) is 32.1 Å². The molecule has 1 aliphatic heterocycles. The van der Waals surface area contributed by atoms with Gasteiger partial charge in [-0.1, -0.05) is 54.5 Å². The average Bonchev–Trinajstić information content (AvgIpc) is 3.15. The fraction of sp³-hybridized carbons (Fsp3) is 0.375. The highest BCUT2D eigenvalue weighted by Crippen LogP contribution is 2.34. The van der Waals surface area contributed by atoms with Crippen molar-refractivity contribution in [2.45, 2.75) is 26.8 Å². The summed E-state index contributed by atoms with van der Waals surface area (Å²) in [5.41, 5.74) is 7.94. The zero-order valence-corrected chi connectivity index (χ0v) is 21.9. The molecule has 0 aliphatic carbocycles. The Morgan fingerprint density at radius 2 is 1.88 bits per heavy atom. The first kappa shape index (κ1) is 24.7. The van der Waals surface area contributed by atoms with Gasteiger partial charge in [0.25, 0.3) is 0 Å². The minimum absolute atomic E-state index is 0.132. The average molecular weight is 520 g/mol. The number of aromatic nitrogens is 2. The topological polar surface area (TPSA) is 87.4 Å². The van der Waals surface area contributed by atoms with Crippen molar-refractivity contribution in [2.24, 2.45) is 5.92 Å². The van der Waals surface area contributed by atoms with Gasteiger partial charge in [-0.2, -0.15) is 0 Å². The highest BCUT2D eigenvalue weighted by Gasteiger charge is 2.28. The number of nitrogens with zero attached hydrogens (tertiary/aromatic N) is 4. The van der Waals surface area contributed by atoms with Crippen LogP contribution in [0.5, 0.6) is 0 Å². The van der Waals surface area contributed by atoms with E-state index in [0.29, 0.717) is 17.1 Å². The molecule has 180 valence electrons. The van der Waals surface area contributed by atoms with Gasteiger partial charge in [-0.3, -0.25) is 9.69 Å². The van der Waals surface area contributed by atoms with Crippen LogP contribution in [0.15, 0.2) is 30.3 Å². The van der Waals surface area contributed by atoms with Gasteiger partial charge in [0.1, 0.15) is 16.5 Å². The molecule has 1 unspecified atom stereocenters. The third-order valence-electron chi connectivity index (χ3n) is 6.15. The van der Waals surface area contributed by atoms with E-state index in [2.05, 4.69) is 41.0 Å². The Morgan fingerprint density at radius 3 is 2.53 bits per heavy atom. The summed E-state index contributed by atoms with van der Waals surface area (Å²) in [6.45, 7) is 9.37. The summed E-state index contributed by atoms with van der Waals surface area (Å²) >= 11 is 13.6. The maximum atomic E-state index is 13.0. The molecule has 1 saturated heterocycles. The molecule has 0 radical (unpaired) electrons. The van der Waals surface area contributed by atoms with E-state index in [9.17, 15) is 4.79 Å². The number of nitrogens with two attached hydrogens (primary N) is 1. The summed E-state index contributed by atoms with van der Waals surface area (Å²) in [7, 11) is 2.19. The summed E-state index contributed by atoms with van der Waals surface area (Å²) < 4.78 is 0. The predicted octanol–water partition coefficient (Wildman–Crippen LogP) is 5.49. The molecule has 0 spiro atoms. The van der Waals surface area contributed by atoms with Crippen LogP contribution < -0.4 is 16.0 Å². The van der Waals surface area contributed by atoms with Crippen LogP contribution in [0.2, 0.25) is 10.0 Å². The molecule has 1 aliphatic rings. The molecular weight excluding hydrogens is 491 g/mol. The molecule has 1 fully saturated rings. The number of rotatable bonds is 6. The maximum Gasteiger partial charge on any atom is 0.209 e. The lowest BCUT2D eigenvalue weighted by Gasteiger charge is -2.42. The number of carbonyl (C=O) groups is 1. The van der Waals surface area contributed by atoms with Crippen molar-refractivity contribution in [3.05, 3.63) is 56.5 Å². The third kappa shape index (κ3) is 5.00. The van der Waals surface area contributed by atoms with Crippen LogP contribution >= 0.6 is 34.5 Å². The fourth-order valence-corrected chi connectivity index (χ4v) is 5.59. The molecule has 1 aromatic carbocycles. The van der Waals surface area contributed by atoms with Gasteiger partial charge in [0.2, 0.25) is 5.78 Å². The predicted molar refractivity (Wildman–Crippen MR) is 142 cm³/mol. The Kier molecular flexibility index (Phi) is 7.33. The minimum atomic E-state index is -0.349. The second-order valence-corrected chi connectivity index (χ2v) is 10.6. The van der Waals surface area contributed by atoms with Gasteiger partial charge in [-0.05, 0) is 44.2 Å². The molecule has 3 heterocycles. The monoisotopic (exact) mass is 518 g/mol. The molecule has 0 bridgehead atoms. The van der Waals surface area contributed by atoms with Crippen LogP contribution in [0.3, 0.4) is 0 Å². The summed E-state index contributed by atoms with van der Waals surface area (Å²) in [6.07, 6.45) is 0. The number of likely N-dealkylation sites (N-methyl/N-ethyl adjacent to an activating group) is 1. The normalized spacial score (nSPS) is 16.8. The van der Waals surface area contributed by atoms with Crippen molar-refractivity contribution in [2.75, 3.05) is 42.6 Å². The SMILES string of the molecule is Cc1nc(N2CCN(C)C(C(C)C)C2)ccc1Nc1nc(N)c(C(=O)c2c(Cl)cccc2Cl)s1. The largest absolute Gasteiger partial charge is 0.382 e. The molecule has 1 atom stereocenters. The molecule has 2 aromatic heterocycles. The summed E-state index contributed by atoms with van der Waals surface area (Å²) in [6, 6.07) is 9.44. The van der Waals surface area contributed by atoms with Crippen molar-refractivity contribution in [3.63, 3.8) is 0 Å². The first-order chi connectivity index (χ1) is 16.2. The van der Waals surface area contributed by atoms with Gasteiger partial charge < -0.3 is 16.0 Å². The quantitative estimate of drug-likeness (QED) is 0.417. The zero-order valence-electron chi connectivity index (χ0n) is 19.6. The zero-order chi connectivity index (χ0) is 24.6. The number of carbonyl (C=O) groups excluding carboxylic acids is 1. The van der Waals surface area contributed by atoms with Crippen LogP contribution in [0.4, 0.5) is 22.5 Å². The molecule has 0 saturated carbocycles. The van der Waals surface area contributed by atoms with Crippen molar-refractivity contribution in [1.82, 2.24) is 14.9 Å². The number of halogens is 2. The fourth-order valence-electron chi connectivity index (χ4n) is 4.18. The Labute approximate surface area is 213 Å². The van der Waals surface area contributed by atoms with E-state index in [1.807, 2.05) is 19.1 Å². The number of hydrogen-bond acceptors (Lipinski definition) is 8. The van der Waals surface area contributed by atoms with E-state index < -0.39 is 0 Å². The van der Waals surface area contributed by atoms with Crippen molar-refractivity contribution in [1.29, 1.82) is 0 Å². The standard InChI is InChI=1S/C24H28Cl2N6OS/c1-13(2)18-12-32(11-10-31(18)4)19-9-8-17(14(3)28-19)29-24-30-23(27)22(34-24)21(33)20-15(25)6-5-7-16(20)26/h5-9,13,18H,10-12,27H2,1-4H3,(H,29,30). The molecule has 4 rings (SSSR count). The lowest BCUT2D eigenvalue weighted by atomic mass is 10.0. The third-order valence-corrected chi connectivity index (χ3v) is 7.77. The van der Waals surface area contributed by atoms with E-state index in [1.54, 1.807) is 18.2 Å². The number of aryl methyl sites for hydroxylation is 1. The minimum Gasteiger partial charge on any atom is -0.382 e. The number of ketones is 1. The van der Waals surface area contributed by atoms with E-state index in [1.165, 1.54) is 0 Å². The van der Waals surface area contributed by atoms with Gasteiger partial charge in [0.05, 0.1) is 27.0 Å². The van der Waals surface area contributed by atoms with Crippen molar-refractivity contribution in [3.8, 4) is 0 Å². The lowest BCUT2D eigenvalue weighted by molar-refractivity contribution is 0.104. The Bertz CT molecular complexity index is 1190. The highest BCUT2D eigenvalue weighted by molar-refractivity contribution is 7.18. The van der Waals surface area contributed by atoms with Gasteiger partial charge >= 0.3 is 0 Å². The second kappa shape index (κ2) is 10.1. The summed E-state index contributed by atoms with van der Waals surface area (Å²) in [4.78, 5) is 27.3. The lowest BCUT2D eigenvalue weighted by Crippen LogP contribution is -2.53. The molecule has 34 heavy (non-hydrogen) atoms. The van der Waals surface area contributed by atoms with Crippen molar-refractivity contribution < 1.29 is 4.79 Å². The van der Waals surface area contributed by atoms with E-state index in [4.69, 9.17) is 33.9 Å². The highest BCUT2D eigenvalue weighted by atomic mass is 35.5. The Morgan fingerprint density at radius 1 is 1.18 bits per heavy atom. The van der Waals surface area contributed by atoms with Gasteiger partial charge in [0.15, 0.2) is 5.13 Å². The molecule has 10 heteroatoms. The molecular formula is C24H28Cl2N6OS. The Hall–Kier alpha value is -2.39. The number of anilines is 4. The number of piperazine rings is 1. The number of nitrogen functional groups attached to an aromatic ring is 1. The first-order valence-corrected chi connectivity index (χ1v) is 12.7. The smallest absolute Gasteiger partial charge is 0.209 e. The Balaban J connectivity index is 1.52. The number of pyridine rings is 1. The second-order valence-electron chi connectivity index (χ2n) is 8.82. The van der Waals surface area contributed by atoms with E-state index >= 15 is 0 Å². The van der Waals surface area contributed by atoms with Gasteiger partial charge in [-0.25, -0.2) is 9.97 Å². The van der Waals surface area contributed by atoms with Gasteiger partial charge in [-0.15, -0.1) is 0 Å². The van der Waals surface area contributed by atoms with E-state index in [0.717, 1.165) is 48.2 Å². The van der Waals surface area contributed by atoms with Gasteiger partial charge in [0, 0.05) is 25.7 Å².